The van der Waals surface area contributed by atoms with Crippen LogP contribution in [-0.2, 0) is 29.4 Å². The molecule has 0 heterocycles. The maximum Gasteiger partial charge on any atom is -0.0809 e. The monoisotopic (exact) mass is 475 g/mol. The SMILES string of the molecule is Cl.[Zr+2]=[Si]Cc1ccccc1.c1ccc2[cH-]ccc2c1.c1ccc2[cH-]ccc2c1. The summed E-state index contributed by atoms with van der Waals surface area (Å²) in [5.74, 6) is 0. The molecular formula is C25H22ClSiZr. The molecule has 28 heavy (non-hydrogen) atoms. The van der Waals surface area contributed by atoms with Gasteiger partial charge in [0.25, 0.3) is 0 Å². The molecule has 0 N–H and O–H groups in total. The molecule has 0 amide bonds. The van der Waals surface area contributed by atoms with Crippen molar-refractivity contribution >= 4 is 40.1 Å². The first kappa shape index (κ1) is 22.6. The van der Waals surface area contributed by atoms with Gasteiger partial charge < -0.3 is 0 Å². The zero-order chi connectivity index (χ0) is 18.7. The third-order valence-electron chi connectivity index (χ3n) is 4.23. The van der Waals surface area contributed by atoms with Crippen LogP contribution < -0.4 is 0 Å². The van der Waals surface area contributed by atoms with Crippen molar-refractivity contribution in [2.45, 2.75) is 6.04 Å². The largest absolute Gasteiger partial charge is 0.168 e. The van der Waals surface area contributed by atoms with Crippen molar-refractivity contribution in [3.8, 4) is 0 Å². The van der Waals surface area contributed by atoms with E-state index in [1.807, 2.05) is 0 Å². The van der Waals surface area contributed by atoms with Crippen molar-refractivity contribution in [1.82, 2.24) is 0 Å². The molecule has 5 aromatic carbocycles. The van der Waals surface area contributed by atoms with Gasteiger partial charge in [0.1, 0.15) is 0 Å². The molecule has 0 unspecified atom stereocenters. The van der Waals surface area contributed by atoms with Crippen molar-refractivity contribution in [3.63, 3.8) is 0 Å². The summed E-state index contributed by atoms with van der Waals surface area (Å²) in [6.07, 6.45) is 1.13. The Kier molecular flexibility index (Phi) is 10.2. The van der Waals surface area contributed by atoms with Crippen molar-refractivity contribution in [1.29, 1.82) is 0 Å². The molecular weight excluding hydrogens is 455 g/mol. The fourth-order valence-electron chi connectivity index (χ4n) is 2.84. The summed E-state index contributed by atoms with van der Waals surface area (Å²) in [6.45, 7) is 0. The fraction of sp³-hybridized carbons (Fsp3) is 0.0400. The molecule has 0 bridgehead atoms. The number of hydrogen-bond donors (Lipinski definition) is 0. The molecule has 0 nitrogen and oxygen atoms in total. The topological polar surface area (TPSA) is 0 Å². The van der Waals surface area contributed by atoms with Crippen LogP contribution in [-0.4, -0.2) is 6.16 Å². The van der Waals surface area contributed by atoms with Crippen molar-refractivity contribution in [2.75, 3.05) is 0 Å². The Labute approximate surface area is 189 Å². The van der Waals surface area contributed by atoms with Gasteiger partial charge >= 0.3 is 71.4 Å². The Morgan fingerprint density at radius 1 is 0.607 bits per heavy atom. The Bertz CT molecular complexity index is 953. The molecule has 0 saturated carbocycles. The quantitative estimate of drug-likeness (QED) is 0.192. The molecule has 0 spiro atoms. The van der Waals surface area contributed by atoms with Gasteiger partial charge in [-0.25, -0.2) is 0 Å². The first-order valence-corrected chi connectivity index (χ1v) is 13.9. The van der Waals surface area contributed by atoms with Crippen molar-refractivity contribution in [3.05, 3.63) is 121 Å². The first-order valence-electron chi connectivity index (χ1n) is 9.01. The van der Waals surface area contributed by atoms with Crippen LogP contribution >= 0.6 is 12.4 Å². The van der Waals surface area contributed by atoms with Crippen LogP contribution in [0.25, 0.3) is 21.5 Å². The summed E-state index contributed by atoms with van der Waals surface area (Å²) in [5.41, 5.74) is 1.48. The van der Waals surface area contributed by atoms with Gasteiger partial charge in [0, 0.05) is 0 Å². The van der Waals surface area contributed by atoms with E-state index in [1.54, 1.807) is 23.3 Å². The number of fused-ring (bicyclic) bond motifs is 2. The van der Waals surface area contributed by atoms with Gasteiger partial charge in [-0.05, 0) is 0 Å². The average Bonchev–Trinajstić information content (AvgIpc) is 3.39. The predicted molar refractivity (Wildman–Crippen MR) is 122 cm³/mol. The number of rotatable bonds is 2. The van der Waals surface area contributed by atoms with Gasteiger partial charge in [0.2, 0.25) is 0 Å². The summed E-state index contributed by atoms with van der Waals surface area (Å²) in [6, 6.07) is 41.3. The minimum absolute atomic E-state index is 0. The Morgan fingerprint density at radius 2 is 1.07 bits per heavy atom. The van der Waals surface area contributed by atoms with E-state index >= 15 is 0 Å². The zero-order valence-corrected chi connectivity index (χ0v) is 19.9. The van der Waals surface area contributed by atoms with Gasteiger partial charge in [-0.1, -0.05) is 12.1 Å². The van der Waals surface area contributed by atoms with Crippen molar-refractivity contribution in [2.24, 2.45) is 0 Å². The van der Waals surface area contributed by atoms with Gasteiger partial charge in [0.05, 0.1) is 0 Å². The molecule has 0 aliphatic rings. The van der Waals surface area contributed by atoms with Crippen molar-refractivity contribution < 1.29 is 23.3 Å². The van der Waals surface area contributed by atoms with Crippen LogP contribution in [0.4, 0.5) is 0 Å². The van der Waals surface area contributed by atoms with E-state index in [9.17, 15) is 0 Å². The van der Waals surface area contributed by atoms with E-state index in [2.05, 4.69) is 115 Å². The molecule has 0 aromatic heterocycles. The standard InChI is InChI=1S/2C9H7.C7H7Si.ClH.Zr/c2*1-2-5-9-7-3-6-8(9)4-1;8-6-7-4-2-1-3-5-7;;/h2*1-7H;1-5H,6H2;1H;/q2*-1;;;+2. The Morgan fingerprint density at radius 3 is 1.54 bits per heavy atom. The Balaban J connectivity index is 0.000000148. The third kappa shape index (κ3) is 7.02. The fourth-order valence-corrected chi connectivity index (χ4v) is 4.78. The molecule has 0 saturated heterocycles. The minimum Gasteiger partial charge on any atom is -0.168 e. The maximum absolute atomic E-state index is 2.19. The van der Waals surface area contributed by atoms with Crippen LogP contribution in [0.1, 0.15) is 5.56 Å². The average molecular weight is 477 g/mol. The van der Waals surface area contributed by atoms with Crippen LogP contribution in [0.15, 0.2) is 115 Å². The summed E-state index contributed by atoms with van der Waals surface area (Å²) in [4.78, 5) is 0. The van der Waals surface area contributed by atoms with E-state index in [0.717, 1.165) is 6.16 Å². The van der Waals surface area contributed by atoms with Crippen LogP contribution in [0.5, 0.6) is 0 Å². The van der Waals surface area contributed by atoms with E-state index in [1.165, 1.54) is 33.2 Å². The molecule has 0 fully saturated rings. The van der Waals surface area contributed by atoms with Crippen LogP contribution in [0.2, 0.25) is 0 Å². The molecule has 5 aromatic rings. The minimum atomic E-state index is 0. The first-order chi connectivity index (χ1) is 13.4. The van der Waals surface area contributed by atoms with E-state index in [0.29, 0.717) is 0 Å². The second-order valence-corrected chi connectivity index (χ2v) is 9.46. The molecule has 0 aliphatic heterocycles. The van der Waals surface area contributed by atoms with Gasteiger partial charge in [-0.15, -0.1) is 71.7 Å². The summed E-state index contributed by atoms with van der Waals surface area (Å²) in [5, 5.41) is 5.32. The molecule has 137 valence electrons. The molecule has 0 atom stereocenters. The second kappa shape index (κ2) is 12.7. The maximum atomic E-state index is 2.19. The second-order valence-electron chi connectivity index (χ2n) is 6.15. The normalized spacial score (nSPS) is 9.50. The van der Waals surface area contributed by atoms with Gasteiger partial charge in [-0.2, -0.15) is 35.0 Å². The number of halogens is 1. The van der Waals surface area contributed by atoms with E-state index in [4.69, 9.17) is 0 Å². The predicted octanol–water partition coefficient (Wildman–Crippen LogP) is 6.89. The van der Waals surface area contributed by atoms with E-state index < -0.39 is 0 Å². The third-order valence-corrected chi connectivity index (χ3v) is 6.12. The van der Waals surface area contributed by atoms with Gasteiger partial charge in [-0.3, -0.25) is 0 Å². The molecule has 5 rings (SSSR count). The Hall–Kier alpha value is -1.73. The van der Waals surface area contributed by atoms with Gasteiger partial charge in [0.15, 0.2) is 0 Å². The van der Waals surface area contributed by atoms with E-state index in [-0.39, 0.29) is 12.4 Å². The van der Waals surface area contributed by atoms with Crippen LogP contribution in [0.3, 0.4) is 0 Å². The van der Waals surface area contributed by atoms with Crippen LogP contribution in [0, 0.1) is 0 Å². The summed E-state index contributed by atoms with van der Waals surface area (Å²) < 4.78 is 0. The smallest absolute Gasteiger partial charge is 0.0809 e. The summed E-state index contributed by atoms with van der Waals surface area (Å²) >= 11 is 1.66. The number of hydrogen-bond acceptors (Lipinski definition) is 0. The summed E-state index contributed by atoms with van der Waals surface area (Å²) in [7, 11) is 0. The molecule has 0 aliphatic carbocycles. The number of benzene rings is 3. The molecule has 3 heteroatoms. The molecule has 1 radical (unpaired) electrons. The zero-order valence-electron chi connectivity index (χ0n) is 15.6.